The van der Waals surface area contributed by atoms with Crippen molar-refractivity contribution >= 4 is 6.03 Å². The summed E-state index contributed by atoms with van der Waals surface area (Å²) in [5.74, 6) is 0.604. The number of carbonyl (C=O) groups is 1. The van der Waals surface area contributed by atoms with Crippen LogP contribution in [0.15, 0.2) is 42.5 Å². The number of aryl methyl sites for hydroxylation is 1. The summed E-state index contributed by atoms with van der Waals surface area (Å²) in [5, 5.41) is 12.7. The highest BCUT2D eigenvalue weighted by Gasteiger charge is 2.38. The van der Waals surface area contributed by atoms with Crippen LogP contribution in [0.25, 0.3) is 0 Å². The van der Waals surface area contributed by atoms with Crippen LogP contribution in [-0.4, -0.2) is 48.1 Å². The zero-order valence-corrected chi connectivity index (χ0v) is 17.5. The number of carbonyl (C=O) groups excluding carboxylic acids is 1. The Balaban J connectivity index is 1.46. The monoisotopic (exact) mass is 400 g/mol. The van der Waals surface area contributed by atoms with Gasteiger partial charge in [0.15, 0.2) is 0 Å². The summed E-state index contributed by atoms with van der Waals surface area (Å²) in [6.45, 7) is 6.05. The van der Waals surface area contributed by atoms with Gasteiger partial charge in [-0.2, -0.15) is 5.26 Å². The molecule has 154 valence electrons. The summed E-state index contributed by atoms with van der Waals surface area (Å²) in [7, 11) is 0. The van der Waals surface area contributed by atoms with Gasteiger partial charge < -0.3 is 15.1 Å². The molecule has 0 radical (unpaired) electrons. The van der Waals surface area contributed by atoms with E-state index >= 15 is 0 Å². The van der Waals surface area contributed by atoms with Crippen molar-refractivity contribution in [2.24, 2.45) is 5.92 Å². The lowest BCUT2D eigenvalue weighted by atomic mass is 9.84. The first-order valence-electron chi connectivity index (χ1n) is 11.0. The zero-order valence-electron chi connectivity index (χ0n) is 17.5. The molecule has 2 aromatic carbocycles. The minimum atomic E-state index is -0.122. The smallest absolute Gasteiger partial charge is 0.318 e. The van der Waals surface area contributed by atoms with Gasteiger partial charge in [0.1, 0.15) is 0 Å². The van der Waals surface area contributed by atoms with E-state index in [0.717, 1.165) is 24.1 Å². The first-order valence-corrected chi connectivity index (χ1v) is 11.0. The summed E-state index contributed by atoms with van der Waals surface area (Å²) < 4.78 is 0. The molecule has 30 heavy (non-hydrogen) atoms. The molecule has 2 aromatic rings. The summed E-state index contributed by atoms with van der Waals surface area (Å²) in [6, 6.07) is 16.8. The molecule has 1 N–H and O–H groups in total. The summed E-state index contributed by atoms with van der Waals surface area (Å²) in [4.78, 5) is 17.9. The molecule has 5 heteroatoms. The number of hydrogen-bond acceptors (Lipinski definition) is 3. The highest BCUT2D eigenvalue weighted by molar-refractivity contribution is 5.76. The fourth-order valence-corrected chi connectivity index (χ4v) is 5.39. The van der Waals surface area contributed by atoms with Crippen LogP contribution in [-0.2, 0) is 6.42 Å². The lowest BCUT2D eigenvalue weighted by Crippen LogP contribution is -2.59. The van der Waals surface area contributed by atoms with Gasteiger partial charge in [0.25, 0.3) is 0 Å². The number of nitrogens with one attached hydrogen (secondary N) is 1. The second-order valence-corrected chi connectivity index (χ2v) is 8.98. The second-order valence-electron chi connectivity index (χ2n) is 8.98. The van der Waals surface area contributed by atoms with Gasteiger partial charge in [-0.05, 0) is 74.0 Å². The fraction of sp³-hybridized carbons (Fsp3) is 0.440. The third-order valence-corrected chi connectivity index (χ3v) is 7.12. The molecule has 0 aliphatic carbocycles. The number of nitriles is 1. The molecule has 4 aliphatic heterocycles. The van der Waals surface area contributed by atoms with Crippen LogP contribution < -0.4 is 5.32 Å². The zero-order chi connectivity index (χ0) is 20.7. The molecule has 5 nitrogen and oxygen atoms in total. The number of piperidine rings is 3. The molecule has 3 fully saturated rings. The maximum absolute atomic E-state index is 13.5. The molecule has 0 spiro atoms. The van der Waals surface area contributed by atoms with E-state index in [1.54, 1.807) is 0 Å². The highest BCUT2D eigenvalue weighted by atomic mass is 16.2. The number of fused-ring (bicyclic) bond motifs is 4. The second kappa shape index (κ2) is 7.77. The highest BCUT2D eigenvalue weighted by Crippen LogP contribution is 2.36. The van der Waals surface area contributed by atoms with Gasteiger partial charge >= 0.3 is 6.03 Å². The summed E-state index contributed by atoms with van der Waals surface area (Å²) in [5.41, 5.74) is 5.31. The number of urea groups is 1. The van der Waals surface area contributed by atoms with Crippen molar-refractivity contribution in [3.8, 4) is 6.07 Å². The molecule has 2 atom stereocenters. The minimum Gasteiger partial charge on any atom is -0.334 e. The molecule has 0 unspecified atom stereocenters. The first kappa shape index (κ1) is 19.1. The van der Waals surface area contributed by atoms with Crippen molar-refractivity contribution in [1.82, 2.24) is 15.1 Å². The van der Waals surface area contributed by atoms with Crippen molar-refractivity contribution in [3.63, 3.8) is 0 Å². The van der Waals surface area contributed by atoms with Gasteiger partial charge in [0.05, 0.1) is 17.7 Å². The molecule has 3 saturated heterocycles. The maximum Gasteiger partial charge on any atom is 0.318 e. The van der Waals surface area contributed by atoms with Gasteiger partial charge in [0, 0.05) is 19.1 Å². The Hall–Kier alpha value is -2.84. The van der Waals surface area contributed by atoms with E-state index in [9.17, 15) is 10.1 Å². The number of benzene rings is 2. The van der Waals surface area contributed by atoms with Gasteiger partial charge in [-0.25, -0.2) is 4.79 Å². The van der Waals surface area contributed by atoms with Crippen molar-refractivity contribution < 1.29 is 4.79 Å². The van der Waals surface area contributed by atoms with Crippen molar-refractivity contribution in [2.75, 3.05) is 26.2 Å². The van der Waals surface area contributed by atoms with Crippen LogP contribution in [0.5, 0.6) is 0 Å². The Labute approximate surface area is 178 Å². The van der Waals surface area contributed by atoms with Crippen LogP contribution in [0.1, 0.15) is 46.7 Å². The standard InChI is InChI=1S/C25H28N4O/c1-17-2-5-20(6-3-17)24-22-7-4-18(15-26)14-21(22)10-13-29(24)25(30)27-23-16-28-11-8-19(23)9-12-28/h2-7,14,19,23-24H,8-13,16H2,1H3,(H,27,30)/t23-,24+/m1/s1. The average molecular weight is 401 g/mol. The van der Waals surface area contributed by atoms with Crippen LogP contribution in [0.4, 0.5) is 4.79 Å². The Morgan fingerprint density at radius 3 is 2.53 bits per heavy atom. The average Bonchev–Trinajstić information content (AvgIpc) is 2.79. The third-order valence-electron chi connectivity index (χ3n) is 7.12. The Bertz CT molecular complexity index is 985. The molecule has 6 rings (SSSR count). The summed E-state index contributed by atoms with van der Waals surface area (Å²) >= 11 is 0. The quantitative estimate of drug-likeness (QED) is 0.838. The predicted molar refractivity (Wildman–Crippen MR) is 116 cm³/mol. The molecule has 4 aliphatic rings. The SMILES string of the molecule is Cc1ccc([C@H]2c3ccc(C#N)cc3CCN2C(=O)N[C@@H]2CN3CCC2CC3)cc1. The normalized spacial score (nSPS) is 27.3. The predicted octanol–water partition coefficient (Wildman–Crippen LogP) is 3.62. The van der Waals surface area contributed by atoms with Gasteiger partial charge in [-0.15, -0.1) is 0 Å². The number of amides is 2. The maximum atomic E-state index is 13.5. The minimum absolute atomic E-state index is 0.0364. The molecule has 0 aromatic heterocycles. The van der Waals surface area contributed by atoms with Crippen LogP contribution >= 0.6 is 0 Å². The summed E-state index contributed by atoms with van der Waals surface area (Å²) in [6.07, 6.45) is 3.15. The Kier molecular flexibility index (Phi) is 4.96. The molecule has 4 heterocycles. The first-order chi connectivity index (χ1) is 14.6. The number of nitrogens with zero attached hydrogens (tertiary/aromatic N) is 3. The molecule has 2 bridgehead atoms. The lowest BCUT2D eigenvalue weighted by molar-refractivity contribution is 0.0715. The molecular weight excluding hydrogens is 372 g/mol. The largest absolute Gasteiger partial charge is 0.334 e. The van der Waals surface area contributed by atoms with E-state index in [-0.39, 0.29) is 18.1 Å². The van der Waals surface area contributed by atoms with Crippen molar-refractivity contribution in [3.05, 3.63) is 70.3 Å². The van der Waals surface area contributed by atoms with Crippen molar-refractivity contribution in [2.45, 2.75) is 38.3 Å². The molecule has 2 amide bonds. The lowest BCUT2D eigenvalue weighted by Gasteiger charge is -2.46. The van der Waals surface area contributed by atoms with Crippen LogP contribution in [0, 0.1) is 24.2 Å². The van der Waals surface area contributed by atoms with E-state index in [0.29, 0.717) is 18.0 Å². The molecule has 0 saturated carbocycles. The van der Waals surface area contributed by atoms with Gasteiger partial charge in [0.2, 0.25) is 0 Å². The number of rotatable bonds is 2. The Morgan fingerprint density at radius 2 is 1.87 bits per heavy atom. The third kappa shape index (κ3) is 3.46. The Morgan fingerprint density at radius 1 is 1.10 bits per heavy atom. The van der Waals surface area contributed by atoms with E-state index in [4.69, 9.17) is 0 Å². The van der Waals surface area contributed by atoms with Crippen LogP contribution in [0.2, 0.25) is 0 Å². The van der Waals surface area contributed by atoms with E-state index in [1.807, 2.05) is 23.1 Å². The van der Waals surface area contributed by atoms with Crippen molar-refractivity contribution in [1.29, 1.82) is 5.26 Å². The fourth-order valence-electron chi connectivity index (χ4n) is 5.39. The number of hydrogen-bond donors (Lipinski definition) is 1. The van der Waals surface area contributed by atoms with E-state index < -0.39 is 0 Å². The van der Waals surface area contributed by atoms with E-state index in [1.165, 1.54) is 37.1 Å². The van der Waals surface area contributed by atoms with Gasteiger partial charge in [-0.1, -0.05) is 35.9 Å². The van der Waals surface area contributed by atoms with Crippen LogP contribution in [0.3, 0.4) is 0 Å². The molecular formula is C25H28N4O. The van der Waals surface area contributed by atoms with Gasteiger partial charge in [-0.3, -0.25) is 0 Å². The topological polar surface area (TPSA) is 59.4 Å². The van der Waals surface area contributed by atoms with E-state index in [2.05, 4.69) is 47.5 Å².